The summed E-state index contributed by atoms with van der Waals surface area (Å²) in [6.07, 6.45) is -6.41. The minimum absolute atomic E-state index is 0.370. The number of rotatable bonds is 10. The van der Waals surface area contributed by atoms with Gasteiger partial charge in [-0.2, -0.15) is 13.2 Å². The van der Waals surface area contributed by atoms with Gasteiger partial charge in [0.15, 0.2) is 0 Å². The van der Waals surface area contributed by atoms with Crippen LogP contribution in [0.5, 0.6) is 0 Å². The second kappa shape index (κ2) is 12.8. The Hall–Kier alpha value is -3.19. The van der Waals surface area contributed by atoms with Gasteiger partial charge in [-0.1, -0.05) is 36.4 Å². The number of alkyl carbamates (subject to hydrolysis) is 1. The summed E-state index contributed by atoms with van der Waals surface area (Å²) in [5.74, 6) is -2.28. The number of hydrogen-bond acceptors (Lipinski definition) is 8. The molecule has 0 fully saturated rings. The number of ether oxygens (including phenoxy) is 2. The molecule has 228 valence electrons. The van der Waals surface area contributed by atoms with Crippen molar-refractivity contribution in [3.63, 3.8) is 0 Å². The van der Waals surface area contributed by atoms with Crippen LogP contribution in [0, 0.1) is 4.78 Å². The zero-order chi connectivity index (χ0) is 31.3. The lowest BCUT2D eigenvalue weighted by Crippen LogP contribution is -2.47. The molecule has 2 aromatic rings. The quantitative estimate of drug-likeness (QED) is 0.303. The molecule has 3 atom stereocenters. The van der Waals surface area contributed by atoms with Crippen LogP contribution in [0.4, 0.5) is 18.0 Å². The van der Waals surface area contributed by atoms with Crippen LogP contribution in [0.1, 0.15) is 60.1 Å². The monoisotopic (exact) mass is 601 g/mol. The lowest BCUT2D eigenvalue weighted by Gasteiger charge is -2.30. The van der Waals surface area contributed by atoms with Gasteiger partial charge < -0.3 is 19.9 Å². The van der Waals surface area contributed by atoms with Crippen molar-refractivity contribution < 1.29 is 41.5 Å². The molecule has 0 saturated carbocycles. The van der Waals surface area contributed by atoms with Gasteiger partial charge in [-0.15, -0.1) is 0 Å². The van der Waals surface area contributed by atoms with E-state index in [1.807, 2.05) is 0 Å². The minimum atomic E-state index is -5.18. The third kappa shape index (κ3) is 10.6. The Morgan fingerprint density at radius 2 is 1.54 bits per heavy atom. The molecule has 0 spiro atoms. The Balaban J connectivity index is 2.19. The number of alkyl halides is 3. The number of carbonyl (C=O) groups excluding carboxylic acids is 2. The maximum absolute atomic E-state index is 14.1. The molecule has 0 aliphatic heterocycles. The van der Waals surface area contributed by atoms with Gasteiger partial charge in [-0.05, 0) is 59.6 Å². The summed E-state index contributed by atoms with van der Waals surface area (Å²) in [6, 6.07) is 9.88. The summed E-state index contributed by atoms with van der Waals surface area (Å²) in [5.41, 5.74) is -4.73. The Morgan fingerprint density at radius 1 is 0.951 bits per heavy atom. The van der Waals surface area contributed by atoms with E-state index < -0.39 is 74.4 Å². The van der Waals surface area contributed by atoms with Crippen molar-refractivity contribution >= 4 is 21.8 Å². The first-order valence-electron chi connectivity index (χ1n) is 12.9. The first kappa shape index (κ1) is 34.0. The van der Waals surface area contributed by atoms with Gasteiger partial charge in [-0.25, -0.2) is 13.8 Å². The normalized spacial score (nSPS) is 16.1. The summed E-state index contributed by atoms with van der Waals surface area (Å²) in [4.78, 5) is 28.8. The molecular formula is C28H38F3N3O6S. The molecule has 1 heterocycles. The van der Waals surface area contributed by atoms with Crippen molar-refractivity contribution in [1.82, 2.24) is 10.3 Å². The van der Waals surface area contributed by atoms with E-state index in [1.165, 1.54) is 12.3 Å². The summed E-state index contributed by atoms with van der Waals surface area (Å²) >= 11 is 0. The van der Waals surface area contributed by atoms with E-state index in [-0.39, 0.29) is 6.42 Å². The highest BCUT2D eigenvalue weighted by atomic mass is 32.2. The van der Waals surface area contributed by atoms with Gasteiger partial charge in [0.05, 0.1) is 5.69 Å². The average Bonchev–Trinajstić information content (AvgIpc) is 2.83. The molecule has 3 N–H and O–H groups in total. The Morgan fingerprint density at radius 3 is 2.02 bits per heavy atom. The fourth-order valence-corrected chi connectivity index (χ4v) is 5.10. The van der Waals surface area contributed by atoms with E-state index in [0.29, 0.717) is 5.56 Å². The van der Waals surface area contributed by atoms with Crippen LogP contribution < -0.4 is 5.32 Å². The Kier molecular flexibility index (Phi) is 10.6. The van der Waals surface area contributed by atoms with Crippen molar-refractivity contribution in [2.75, 3.05) is 11.5 Å². The smallest absolute Gasteiger partial charge is 0.423 e. The summed E-state index contributed by atoms with van der Waals surface area (Å²) in [7, 11) is -3.77. The second-order valence-corrected chi connectivity index (χ2v) is 14.1. The molecule has 41 heavy (non-hydrogen) atoms. The van der Waals surface area contributed by atoms with Gasteiger partial charge in [-0.3, -0.25) is 9.76 Å². The van der Waals surface area contributed by atoms with Crippen molar-refractivity contribution in [2.24, 2.45) is 0 Å². The Labute approximate surface area is 238 Å². The largest absolute Gasteiger partial charge is 0.458 e. The number of halogens is 3. The standard InChI is InChI=1S/C28H38F3N3O6S/c1-25(2,3)39-23(35)21(34-24(36)40-26(4,5)6)14-16-41(32,38)17-15-27(37,28(29,30)31)22-13-12-20(18-33-22)19-10-8-7-9-11-19/h7-13,18,21,32,37H,14-17H2,1-6H3,(H,34,36)/t21-,27?,41?/m0/s1. The molecular weight excluding hydrogens is 563 g/mol. The fraction of sp³-hybridized carbons (Fsp3) is 0.536. The van der Waals surface area contributed by atoms with Gasteiger partial charge in [0, 0.05) is 39.4 Å². The maximum atomic E-state index is 14.1. The number of hydrogen-bond donors (Lipinski definition) is 3. The van der Waals surface area contributed by atoms with Gasteiger partial charge in [0.25, 0.3) is 0 Å². The zero-order valence-corrected chi connectivity index (χ0v) is 24.8. The molecule has 2 rings (SSSR count). The van der Waals surface area contributed by atoms with Crippen LogP contribution >= 0.6 is 0 Å². The number of pyridine rings is 1. The molecule has 0 bridgehead atoms. The first-order chi connectivity index (χ1) is 18.6. The molecule has 13 heteroatoms. The molecule has 9 nitrogen and oxygen atoms in total. The van der Waals surface area contributed by atoms with Gasteiger partial charge in [0.1, 0.15) is 17.2 Å². The number of carbonyl (C=O) groups is 2. The second-order valence-electron chi connectivity index (χ2n) is 11.6. The van der Waals surface area contributed by atoms with Crippen LogP contribution in [0.15, 0.2) is 48.7 Å². The number of aliphatic hydroxyl groups is 1. The maximum Gasteiger partial charge on any atom is 0.423 e. The van der Waals surface area contributed by atoms with Crippen LogP contribution in [0.2, 0.25) is 0 Å². The van der Waals surface area contributed by atoms with Crippen molar-refractivity contribution in [3.8, 4) is 11.1 Å². The van der Waals surface area contributed by atoms with E-state index in [2.05, 4.69) is 10.3 Å². The molecule has 0 aliphatic rings. The van der Waals surface area contributed by atoms with Crippen LogP contribution in [-0.4, -0.2) is 61.3 Å². The third-order valence-corrected chi connectivity index (χ3v) is 7.43. The highest BCUT2D eigenvalue weighted by Gasteiger charge is 2.56. The number of amides is 1. The average molecular weight is 602 g/mol. The van der Waals surface area contributed by atoms with Crippen LogP contribution in [-0.2, 0) is 29.6 Å². The summed E-state index contributed by atoms with van der Waals surface area (Å²) in [6.45, 7) is 9.62. The number of nitrogens with one attached hydrogen (secondary N) is 2. The number of esters is 1. The van der Waals surface area contributed by atoms with E-state index >= 15 is 0 Å². The summed E-state index contributed by atoms with van der Waals surface area (Å²) in [5, 5.41) is 13.0. The lowest BCUT2D eigenvalue weighted by molar-refractivity contribution is -0.268. The highest BCUT2D eigenvalue weighted by Crippen LogP contribution is 2.41. The molecule has 1 aromatic heterocycles. The predicted molar refractivity (Wildman–Crippen MR) is 148 cm³/mol. The van der Waals surface area contributed by atoms with E-state index in [9.17, 15) is 32.1 Å². The topological polar surface area (TPSA) is 139 Å². The van der Waals surface area contributed by atoms with Crippen molar-refractivity contribution in [3.05, 3.63) is 54.4 Å². The predicted octanol–water partition coefficient (Wildman–Crippen LogP) is 5.56. The Bertz CT molecular complexity index is 1290. The van der Waals surface area contributed by atoms with E-state index in [1.54, 1.807) is 71.9 Å². The number of benzene rings is 1. The highest BCUT2D eigenvalue weighted by molar-refractivity contribution is 7.92. The van der Waals surface area contributed by atoms with Gasteiger partial charge >= 0.3 is 18.2 Å². The van der Waals surface area contributed by atoms with Crippen LogP contribution in [0.3, 0.4) is 0 Å². The lowest BCUT2D eigenvalue weighted by atomic mass is 9.94. The fourth-order valence-electron chi connectivity index (χ4n) is 3.65. The van der Waals surface area contributed by atoms with Crippen molar-refractivity contribution in [1.29, 1.82) is 4.78 Å². The number of aromatic nitrogens is 1. The molecule has 0 saturated heterocycles. The molecule has 1 amide bonds. The van der Waals surface area contributed by atoms with Gasteiger partial charge in [0.2, 0.25) is 5.60 Å². The minimum Gasteiger partial charge on any atom is -0.458 e. The van der Waals surface area contributed by atoms with E-state index in [4.69, 9.17) is 14.3 Å². The molecule has 0 aliphatic carbocycles. The molecule has 1 aromatic carbocycles. The molecule has 0 radical (unpaired) electrons. The molecule has 2 unspecified atom stereocenters. The van der Waals surface area contributed by atoms with E-state index in [0.717, 1.165) is 11.6 Å². The first-order valence-corrected chi connectivity index (χ1v) is 14.8. The third-order valence-electron chi connectivity index (χ3n) is 5.68. The summed E-state index contributed by atoms with van der Waals surface area (Å²) < 4.78 is 73.9. The van der Waals surface area contributed by atoms with Crippen molar-refractivity contribution in [2.45, 2.75) is 83.4 Å². The van der Waals surface area contributed by atoms with Crippen LogP contribution in [0.25, 0.3) is 11.1 Å². The zero-order valence-electron chi connectivity index (χ0n) is 24.0. The SMILES string of the molecule is CC(C)(C)OC(=O)N[C@@H](CCS(=N)(=O)CCC(O)(c1ccc(-c2ccccc2)cn1)C(F)(F)F)C(=O)OC(C)(C)C. The number of nitrogens with zero attached hydrogens (tertiary/aromatic N) is 1.